The Morgan fingerprint density at radius 1 is 1.13 bits per heavy atom. The van der Waals surface area contributed by atoms with E-state index in [1.54, 1.807) is 0 Å². The van der Waals surface area contributed by atoms with Gasteiger partial charge in [0.05, 0.1) is 18.0 Å². The van der Waals surface area contributed by atoms with Crippen LogP contribution >= 0.6 is 0 Å². The summed E-state index contributed by atoms with van der Waals surface area (Å²) in [5.41, 5.74) is 3.40. The van der Waals surface area contributed by atoms with Crippen molar-refractivity contribution in [3.8, 4) is 6.07 Å². The molecule has 1 saturated carbocycles. The molecular weight excluding hydrogens is 186 g/mol. The van der Waals surface area contributed by atoms with E-state index in [2.05, 4.69) is 11.5 Å². The first-order valence-electron chi connectivity index (χ1n) is 5.69. The zero-order valence-corrected chi connectivity index (χ0v) is 8.89. The van der Waals surface area contributed by atoms with Crippen molar-refractivity contribution in [1.82, 2.24) is 4.68 Å². The largest absolute Gasteiger partial charge is 0.322 e. The number of nitriles is 1. The molecule has 2 unspecified atom stereocenters. The summed E-state index contributed by atoms with van der Waals surface area (Å²) in [4.78, 5) is 0. The molecule has 1 aromatic heterocycles. The minimum Gasteiger partial charge on any atom is -0.322 e. The third-order valence-electron chi connectivity index (χ3n) is 3.10. The summed E-state index contributed by atoms with van der Waals surface area (Å²) in [6, 6.07) is 6.72. The van der Waals surface area contributed by atoms with Crippen LogP contribution in [0.25, 0.3) is 0 Å². The molecule has 0 aliphatic heterocycles. The lowest BCUT2D eigenvalue weighted by Gasteiger charge is -2.22. The van der Waals surface area contributed by atoms with Crippen LogP contribution in [0.1, 0.15) is 32.1 Å². The SMILES string of the molecule is N#CC1CCCCCC1Nn1cccc1. The van der Waals surface area contributed by atoms with Gasteiger partial charge in [0, 0.05) is 12.4 Å². The van der Waals surface area contributed by atoms with Gasteiger partial charge in [-0.3, -0.25) is 4.68 Å². The summed E-state index contributed by atoms with van der Waals surface area (Å²) >= 11 is 0. The monoisotopic (exact) mass is 203 g/mol. The van der Waals surface area contributed by atoms with E-state index in [0.717, 1.165) is 12.8 Å². The summed E-state index contributed by atoms with van der Waals surface area (Å²) in [6.45, 7) is 0. The summed E-state index contributed by atoms with van der Waals surface area (Å²) < 4.78 is 1.96. The Balaban J connectivity index is 2.01. The van der Waals surface area contributed by atoms with Gasteiger partial charge in [-0.15, -0.1) is 0 Å². The van der Waals surface area contributed by atoms with Gasteiger partial charge < -0.3 is 5.43 Å². The first-order chi connectivity index (χ1) is 7.40. The minimum atomic E-state index is 0.162. The topological polar surface area (TPSA) is 40.8 Å². The molecule has 1 heterocycles. The quantitative estimate of drug-likeness (QED) is 0.750. The number of nitrogens with zero attached hydrogens (tertiary/aromatic N) is 2. The molecule has 0 radical (unpaired) electrons. The van der Waals surface area contributed by atoms with Crippen molar-refractivity contribution in [2.24, 2.45) is 5.92 Å². The highest BCUT2D eigenvalue weighted by Crippen LogP contribution is 2.23. The van der Waals surface area contributed by atoms with E-state index in [9.17, 15) is 0 Å². The zero-order valence-electron chi connectivity index (χ0n) is 8.89. The number of hydrogen-bond acceptors (Lipinski definition) is 2. The lowest BCUT2D eigenvalue weighted by molar-refractivity contribution is 0.479. The Hall–Kier alpha value is -1.43. The molecule has 1 N–H and O–H groups in total. The van der Waals surface area contributed by atoms with E-state index in [0.29, 0.717) is 6.04 Å². The molecule has 3 heteroatoms. The second kappa shape index (κ2) is 4.88. The number of aromatic nitrogens is 1. The van der Waals surface area contributed by atoms with Gasteiger partial charge in [-0.25, -0.2) is 0 Å². The second-order valence-corrected chi connectivity index (χ2v) is 4.20. The fourth-order valence-corrected chi connectivity index (χ4v) is 2.23. The average Bonchev–Trinajstić information content (AvgIpc) is 2.64. The fraction of sp³-hybridized carbons (Fsp3) is 0.583. The number of nitrogens with one attached hydrogen (secondary N) is 1. The molecule has 1 aromatic rings. The average molecular weight is 203 g/mol. The van der Waals surface area contributed by atoms with Crippen LogP contribution < -0.4 is 5.43 Å². The summed E-state index contributed by atoms with van der Waals surface area (Å²) in [6.07, 6.45) is 9.81. The highest BCUT2D eigenvalue weighted by molar-refractivity contribution is 5.02. The first kappa shape index (κ1) is 10.1. The van der Waals surface area contributed by atoms with Crippen molar-refractivity contribution in [3.63, 3.8) is 0 Å². The Morgan fingerprint density at radius 2 is 1.87 bits per heavy atom. The highest BCUT2D eigenvalue weighted by atomic mass is 15.4. The minimum absolute atomic E-state index is 0.162. The van der Waals surface area contributed by atoms with Crippen LogP contribution in [0.15, 0.2) is 24.5 Å². The normalized spacial score (nSPS) is 26.6. The standard InChI is InChI=1S/C12H17N3/c13-10-11-6-2-1-3-7-12(11)14-15-8-4-5-9-15/h4-5,8-9,11-12,14H,1-3,6-7H2. The van der Waals surface area contributed by atoms with Gasteiger partial charge in [-0.2, -0.15) is 5.26 Å². The van der Waals surface area contributed by atoms with Crippen molar-refractivity contribution in [1.29, 1.82) is 5.26 Å². The third kappa shape index (κ3) is 2.53. The molecule has 0 bridgehead atoms. The highest BCUT2D eigenvalue weighted by Gasteiger charge is 2.23. The molecule has 80 valence electrons. The van der Waals surface area contributed by atoms with E-state index in [1.165, 1.54) is 19.3 Å². The van der Waals surface area contributed by atoms with Gasteiger partial charge in [0.1, 0.15) is 0 Å². The lowest BCUT2D eigenvalue weighted by Crippen LogP contribution is -2.32. The molecule has 0 saturated heterocycles. The molecule has 3 nitrogen and oxygen atoms in total. The van der Waals surface area contributed by atoms with Crippen molar-refractivity contribution in [3.05, 3.63) is 24.5 Å². The second-order valence-electron chi connectivity index (χ2n) is 4.20. The predicted octanol–water partition coefficient (Wildman–Crippen LogP) is 2.50. The smallest absolute Gasteiger partial charge is 0.0680 e. The number of rotatable bonds is 2. The van der Waals surface area contributed by atoms with Crippen molar-refractivity contribution >= 4 is 0 Å². The molecule has 2 atom stereocenters. The molecule has 1 aliphatic carbocycles. The Labute approximate surface area is 90.7 Å². The van der Waals surface area contributed by atoms with Crippen LogP contribution in [0.4, 0.5) is 0 Å². The Morgan fingerprint density at radius 3 is 2.60 bits per heavy atom. The molecule has 0 spiro atoms. The molecule has 1 aliphatic rings. The summed E-state index contributed by atoms with van der Waals surface area (Å²) in [5, 5.41) is 9.12. The van der Waals surface area contributed by atoms with Crippen LogP contribution in [0.2, 0.25) is 0 Å². The van der Waals surface area contributed by atoms with Gasteiger partial charge in [0.2, 0.25) is 0 Å². The molecule has 1 fully saturated rings. The van der Waals surface area contributed by atoms with Gasteiger partial charge in [-0.05, 0) is 25.0 Å². The Kier molecular flexibility index (Phi) is 3.29. The van der Waals surface area contributed by atoms with Crippen molar-refractivity contribution < 1.29 is 0 Å². The van der Waals surface area contributed by atoms with E-state index >= 15 is 0 Å². The maximum atomic E-state index is 9.12. The van der Waals surface area contributed by atoms with Crippen LogP contribution in [0.3, 0.4) is 0 Å². The summed E-state index contributed by atoms with van der Waals surface area (Å²) in [5.74, 6) is 0.162. The van der Waals surface area contributed by atoms with E-state index in [-0.39, 0.29) is 5.92 Å². The molecule has 15 heavy (non-hydrogen) atoms. The van der Waals surface area contributed by atoms with Crippen LogP contribution in [0, 0.1) is 17.2 Å². The van der Waals surface area contributed by atoms with Crippen LogP contribution in [0.5, 0.6) is 0 Å². The molecule has 0 aromatic carbocycles. The van der Waals surface area contributed by atoms with E-state index < -0.39 is 0 Å². The van der Waals surface area contributed by atoms with E-state index in [1.807, 2.05) is 29.2 Å². The van der Waals surface area contributed by atoms with Crippen LogP contribution in [-0.2, 0) is 0 Å². The van der Waals surface area contributed by atoms with Crippen molar-refractivity contribution in [2.45, 2.75) is 38.1 Å². The van der Waals surface area contributed by atoms with E-state index in [4.69, 9.17) is 5.26 Å². The number of hydrogen-bond donors (Lipinski definition) is 1. The maximum Gasteiger partial charge on any atom is 0.0680 e. The zero-order chi connectivity index (χ0) is 10.5. The third-order valence-corrected chi connectivity index (χ3v) is 3.10. The van der Waals surface area contributed by atoms with Gasteiger partial charge in [0.15, 0.2) is 0 Å². The van der Waals surface area contributed by atoms with Gasteiger partial charge in [0.25, 0.3) is 0 Å². The first-order valence-corrected chi connectivity index (χ1v) is 5.69. The van der Waals surface area contributed by atoms with Crippen LogP contribution in [-0.4, -0.2) is 10.7 Å². The maximum absolute atomic E-state index is 9.12. The molecule has 0 amide bonds. The van der Waals surface area contributed by atoms with Gasteiger partial charge >= 0.3 is 0 Å². The van der Waals surface area contributed by atoms with Gasteiger partial charge in [-0.1, -0.05) is 19.3 Å². The molecular formula is C12H17N3. The summed E-state index contributed by atoms with van der Waals surface area (Å²) in [7, 11) is 0. The lowest BCUT2D eigenvalue weighted by atomic mass is 9.97. The molecule has 2 rings (SSSR count). The van der Waals surface area contributed by atoms with Crippen molar-refractivity contribution in [2.75, 3.05) is 5.43 Å². The Bertz CT molecular complexity index is 323. The predicted molar refractivity (Wildman–Crippen MR) is 59.8 cm³/mol. The fourth-order valence-electron chi connectivity index (χ4n) is 2.23.